The standard InChI is InChI=1S/C15H20NO2Si.3C4H9.Sn/c1-12(19(2,3)4)16-14(11-18-15(16)17)10-13-8-6-5-7-9-13;3*1-3-4-2;/h1,5-9,14H,10-11H2,2-4H3;3*1,3-4H2,2H3;/t14-;;;;/m0..../s1. The molecule has 1 atom stereocenters. The van der Waals surface area contributed by atoms with Gasteiger partial charge in [-0.25, -0.2) is 0 Å². The molecule has 1 aromatic rings. The Bertz CT molecular complexity index is 707. The molecule has 0 bridgehead atoms. The van der Waals surface area contributed by atoms with Crippen LogP contribution in [0, 0.1) is 0 Å². The number of nitrogens with zero attached hydrogens (tertiary/aromatic N) is 1. The van der Waals surface area contributed by atoms with E-state index in [2.05, 4.69) is 79.7 Å². The molecule has 32 heavy (non-hydrogen) atoms. The quantitative estimate of drug-likeness (QED) is 0.213. The van der Waals surface area contributed by atoms with Crippen LogP contribution in [0.25, 0.3) is 0 Å². The molecule has 0 aromatic heterocycles. The molecule has 2 rings (SSSR count). The van der Waals surface area contributed by atoms with Crippen molar-refractivity contribution in [2.75, 3.05) is 6.61 Å². The van der Waals surface area contributed by atoms with E-state index in [0.29, 0.717) is 6.61 Å². The Morgan fingerprint density at radius 2 is 1.53 bits per heavy atom. The van der Waals surface area contributed by atoms with Gasteiger partial charge in [0.15, 0.2) is 0 Å². The number of hydrogen-bond acceptors (Lipinski definition) is 2. The van der Waals surface area contributed by atoms with Gasteiger partial charge in [-0.1, -0.05) is 0 Å². The minimum atomic E-state index is -2.56. The fourth-order valence-corrected chi connectivity index (χ4v) is 26.6. The molecule has 0 N–H and O–H groups in total. The summed E-state index contributed by atoms with van der Waals surface area (Å²) in [6, 6.07) is 10.7. The summed E-state index contributed by atoms with van der Waals surface area (Å²) in [5, 5.41) is 1.39. The molecule has 0 unspecified atom stereocenters. The molecule has 0 aliphatic carbocycles. The van der Waals surface area contributed by atoms with E-state index >= 15 is 0 Å². The van der Waals surface area contributed by atoms with Gasteiger partial charge in [0.2, 0.25) is 0 Å². The zero-order chi connectivity index (χ0) is 23.6. The van der Waals surface area contributed by atoms with Gasteiger partial charge in [0.05, 0.1) is 0 Å². The first-order valence-corrected chi connectivity index (χ1v) is 24.2. The summed E-state index contributed by atoms with van der Waals surface area (Å²) >= 11 is -2.56. The van der Waals surface area contributed by atoms with Gasteiger partial charge >= 0.3 is 204 Å². The van der Waals surface area contributed by atoms with Crippen molar-refractivity contribution in [2.24, 2.45) is 0 Å². The SMILES string of the molecule is CCC[CH2][Sn](/[CH]=C(/N1C(=O)OC[C@@H]1Cc1ccccc1)[Si](C)(C)C)([CH2]CCC)[CH2]CCC. The number of cyclic esters (lactones) is 1. The summed E-state index contributed by atoms with van der Waals surface area (Å²) in [6.07, 6.45) is 8.61. The van der Waals surface area contributed by atoms with Crippen LogP contribution in [0.15, 0.2) is 39.7 Å². The maximum atomic E-state index is 13.1. The third-order valence-electron chi connectivity index (χ3n) is 6.83. The van der Waals surface area contributed by atoms with Crippen molar-refractivity contribution in [1.82, 2.24) is 4.90 Å². The van der Waals surface area contributed by atoms with E-state index in [-0.39, 0.29) is 12.1 Å². The Labute approximate surface area is 202 Å². The van der Waals surface area contributed by atoms with Crippen molar-refractivity contribution in [2.45, 2.75) is 105 Å². The normalized spacial score (nSPS) is 17.7. The summed E-state index contributed by atoms with van der Waals surface area (Å²) in [7, 11) is -1.74. The Hall–Kier alpha value is -0.754. The van der Waals surface area contributed by atoms with Crippen LogP contribution in [-0.2, 0) is 11.2 Å². The summed E-state index contributed by atoms with van der Waals surface area (Å²) < 4.78 is 12.8. The van der Waals surface area contributed by atoms with Crippen molar-refractivity contribution in [3.8, 4) is 0 Å². The van der Waals surface area contributed by atoms with E-state index in [1.165, 1.54) is 62.7 Å². The predicted octanol–water partition coefficient (Wildman–Crippen LogP) is 8.20. The van der Waals surface area contributed by atoms with Crippen LogP contribution >= 0.6 is 0 Å². The molecule has 5 heteroatoms. The molecule has 1 aliphatic heterocycles. The summed E-state index contributed by atoms with van der Waals surface area (Å²) in [5.74, 6) is 0. The van der Waals surface area contributed by atoms with E-state index in [1.807, 2.05) is 0 Å². The second kappa shape index (κ2) is 13.2. The number of ether oxygens (including phenoxy) is 1. The van der Waals surface area contributed by atoms with Gasteiger partial charge in [0.1, 0.15) is 0 Å². The van der Waals surface area contributed by atoms with Gasteiger partial charge in [-0.05, 0) is 0 Å². The van der Waals surface area contributed by atoms with E-state index in [1.54, 1.807) is 0 Å². The fourth-order valence-electron chi connectivity index (χ4n) is 4.91. The van der Waals surface area contributed by atoms with Crippen LogP contribution in [0.3, 0.4) is 0 Å². The Morgan fingerprint density at radius 1 is 1.00 bits per heavy atom. The van der Waals surface area contributed by atoms with E-state index in [0.717, 1.165) is 6.42 Å². The van der Waals surface area contributed by atoms with Crippen molar-refractivity contribution in [3.63, 3.8) is 0 Å². The van der Waals surface area contributed by atoms with E-state index in [4.69, 9.17) is 4.74 Å². The molecule has 1 aliphatic rings. The summed E-state index contributed by atoms with van der Waals surface area (Å²) in [6.45, 7) is 14.7. The third-order valence-corrected chi connectivity index (χ3v) is 23.7. The Balaban J connectivity index is 2.49. The number of rotatable bonds is 14. The molecule has 1 heterocycles. The van der Waals surface area contributed by atoms with Gasteiger partial charge < -0.3 is 0 Å². The van der Waals surface area contributed by atoms with Crippen LogP contribution in [0.4, 0.5) is 4.79 Å². The molecular weight excluding hydrogens is 517 g/mol. The number of benzene rings is 1. The summed E-state index contributed by atoms with van der Waals surface area (Å²) in [4.78, 5) is 15.2. The van der Waals surface area contributed by atoms with Gasteiger partial charge in [-0.3, -0.25) is 0 Å². The molecule has 1 saturated heterocycles. The molecule has 0 spiro atoms. The van der Waals surface area contributed by atoms with Crippen LogP contribution < -0.4 is 0 Å². The zero-order valence-electron chi connectivity index (χ0n) is 21.6. The third kappa shape index (κ3) is 7.93. The average Bonchev–Trinajstić information content (AvgIpc) is 3.12. The van der Waals surface area contributed by atoms with Gasteiger partial charge in [0, 0.05) is 0 Å². The molecule has 0 saturated carbocycles. The van der Waals surface area contributed by atoms with Crippen molar-refractivity contribution in [3.05, 3.63) is 45.3 Å². The fraction of sp³-hybridized carbons (Fsp3) is 0.667. The van der Waals surface area contributed by atoms with Crippen LogP contribution in [0.1, 0.15) is 64.9 Å². The molecule has 1 amide bonds. The number of hydrogen-bond donors (Lipinski definition) is 0. The number of carbonyl (C=O) groups is 1. The number of carbonyl (C=O) groups excluding carboxylic acids is 1. The molecular formula is C27H47NO2SiSn. The Kier molecular flexibility index (Phi) is 11.4. The predicted molar refractivity (Wildman–Crippen MR) is 143 cm³/mol. The van der Waals surface area contributed by atoms with Gasteiger partial charge in [-0.15, -0.1) is 0 Å². The average molecular weight is 564 g/mol. The molecule has 180 valence electrons. The first kappa shape index (κ1) is 27.5. The number of unbranched alkanes of at least 4 members (excludes halogenated alkanes) is 3. The molecule has 3 nitrogen and oxygen atoms in total. The van der Waals surface area contributed by atoms with Crippen molar-refractivity contribution in [1.29, 1.82) is 0 Å². The topological polar surface area (TPSA) is 29.5 Å². The minimum absolute atomic E-state index is 0.110. The van der Waals surface area contributed by atoms with Crippen LogP contribution in [0.5, 0.6) is 0 Å². The second-order valence-corrected chi connectivity index (χ2v) is 28.6. The van der Waals surface area contributed by atoms with Crippen LogP contribution in [-0.4, -0.2) is 50.1 Å². The molecule has 1 fully saturated rings. The maximum absolute atomic E-state index is 13.1. The summed E-state index contributed by atoms with van der Waals surface area (Å²) in [5.41, 5.74) is 1.29. The first-order chi connectivity index (χ1) is 15.3. The Morgan fingerprint density at radius 3 is 2.00 bits per heavy atom. The monoisotopic (exact) mass is 565 g/mol. The van der Waals surface area contributed by atoms with Gasteiger partial charge in [0.25, 0.3) is 0 Å². The van der Waals surface area contributed by atoms with Gasteiger partial charge in [-0.2, -0.15) is 0 Å². The first-order valence-electron chi connectivity index (χ1n) is 13.0. The van der Waals surface area contributed by atoms with E-state index in [9.17, 15) is 4.79 Å². The second-order valence-electron chi connectivity index (χ2n) is 10.7. The van der Waals surface area contributed by atoms with Crippen molar-refractivity contribution < 1.29 is 9.53 Å². The van der Waals surface area contributed by atoms with Crippen molar-refractivity contribution >= 4 is 32.5 Å². The molecule has 1 aromatic carbocycles. The molecule has 0 radical (unpaired) electrons. The zero-order valence-corrected chi connectivity index (χ0v) is 25.4. The van der Waals surface area contributed by atoms with E-state index < -0.39 is 26.5 Å². The van der Waals surface area contributed by atoms with Crippen LogP contribution in [0.2, 0.25) is 33.0 Å². The number of amides is 1.